The third kappa shape index (κ3) is 3.87. The van der Waals surface area contributed by atoms with Gasteiger partial charge in [-0.3, -0.25) is 4.79 Å². The third-order valence-electron chi connectivity index (χ3n) is 6.30. The minimum Gasteiger partial charge on any atom is -0.365 e. The van der Waals surface area contributed by atoms with Crippen LogP contribution in [0.15, 0.2) is 55.0 Å². The van der Waals surface area contributed by atoms with E-state index in [1.807, 2.05) is 30.2 Å². The predicted molar refractivity (Wildman–Crippen MR) is 116 cm³/mol. The van der Waals surface area contributed by atoms with Gasteiger partial charge in [-0.25, -0.2) is 19.3 Å². The van der Waals surface area contributed by atoms with Crippen LogP contribution in [0.4, 0.5) is 10.2 Å². The van der Waals surface area contributed by atoms with Crippen molar-refractivity contribution in [2.75, 3.05) is 11.9 Å². The summed E-state index contributed by atoms with van der Waals surface area (Å²) in [6.45, 7) is 2.73. The van der Waals surface area contributed by atoms with Gasteiger partial charge in [-0.15, -0.1) is 0 Å². The summed E-state index contributed by atoms with van der Waals surface area (Å²) in [5.41, 5.74) is 1.98. The van der Waals surface area contributed by atoms with E-state index in [4.69, 9.17) is 0 Å². The molecule has 2 aromatic heterocycles. The molecule has 7 heteroatoms. The van der Waals surface area contributed by atoms with E-state index >= 15 is 0 Å². The lowest BCUT2D eigenvalue weighted by atomic mass is 9.76. The SMILES string of the molecule is Cc1ccc(N[C@@H]2C[C@@H]3CC[C@@H]2N(C(=O)c2ccc(F)cc2-c2ncccn2)C3)nc1. The zero-order valence-electron chi connectivity index (χ0n) is 17.3. The number of nitrogens with one attached hydrogen (secondary N) is 1. The average Bonchev–Trinajstić information content (AvgIpc) is 2.81. The topological polar surface area (TPSA) is 71.0 Å². The van der Waals surface area contributed by atoms with Gasteiger partial charge in [-0.2, -0.15) is 0 Å². The van der Waals surface area contributed by atoms with Crippen molar-refractivity contribution < 1.29 is 9.18 Å². The summed E-state index contributed by atoms with van der Waals surface area (Å²) in [5, 5.41) is 3.54. The minimum atomic E-state index is -0.413. The highest BCUT2D eigenvalue weighted by Crippen LogP contribution is 2.38. The second-order valence-corrected chi connectivity index (χ2v) is 8.44. The molecular formula is C24H24FN5O. The van der Waals surface area contributed by atoms with Gasteiger partial charge in [-0.1, -0.05) is 6.07 Å². The molecule has 0 unspecified atom stereocenters. The summed E-state index contributed by atoms with van der Waals surface area (Å²) in [5.74, 6) is 1.11. The molecule has 6 nitrogen and oxygen atoms in total. The van der Waals surface area contributed by atoms with Crippen molar-refractivity contribution in [2.45, 2.75) is 38.3 Å². The summed E-state index contributed by atoms with van der Waals surface area (Å²) in [4.78, 5) is 28.5. The number of halogens is 1. The first-order chi connectivity index (χ1) is 15.1. The fourth-order valence-electron chi connectivity index (χ4n) is 4.81. The maximum atomic E-state index is 14.0. The normalized spacial score (nSPS) is 22.4. The number of carbonyl (C=O) groups excluding carboxylic acids is 1. The summed E-state index contributed by atoms with van der Waals surface area (Å²) in [6, 6.07) is 10.1. The maximum Gasteiger partial charge on any atom is 0.254 e. The molecule has 2 bridgehead atoms. The number of fused-ring (bicyclic) bond motifs is 3. The molecule has 1 aromatic carbocycles. The summed E-state index contributed by atoms with van der Waals surface area (Å²) in [7, 11) is 0. The number of piperidine rings is 2. The first-order valence-corrected chi connectivity index (χ1v) is 10.7. The lowest BCUT2D eigenvalue weighted by molar-refractivity contribution is 0.0282. The van der Waals surface area contributed by atoms with Gasteiger partial charge in [0, 0.05) is 36.7 Å². The van der Waals surface area contributed by atoms with Crippen molar-refractivity contribution in [1.29, 1.82) is 0 Å². The van der Waals surface area contributed by atoms with Crippen molar-refractivity contribution in [3.05, 3.63) is 71.9 Å². The zero-order chi connectivity index (χ0) is 21.4. The molecule has 6 rings (SSSR count). The zero-order valence-corrected chi connectivity index (χ0v) is 17.3. The summed E-state index contributed by atoms with van der Waals surface area (Å²) < 4.78 is 14.0. The number of benzene rings is 1. The van der Waals surface area contributed by atoms with E-state index in [0.717, 1.165) is 37.2 Å². The Morgan fingerprint density at radius 3 is 2.71 bits per heavy atom. The van der Waals surface area contributed by atoms with Gasteiger partial charge in [-0.05, 0) is 68.0 Å². The summed E-state index contributed by atoms with van der Waals surface area (Å²) in [6.07, 6.45) is 8.11. The molecule has 1 N–H and O–H groups in total. The number of aryl methyl sites for hydroxylation is 1. The minimum absolute atomic E-state index is 0.0650. The number of hydrogen-bond acceptors (Lipinski definition) is 5. The van der Waals surface area contributed by atoms with Gasteiger partial charge < -0.3 is 10.2 Å². The number of aromatic nitrogens is 3. The Bertz CT molecular complexity index is 1090. The van der Waals surface area contributed by atoms with Crippen LogP contribution in [-0.4, -0.2) is 44.4 Å². The molecule has 3 fully saturated rings. The highest BCUT2D eigenvalue weighted by Gasteiger charge is 2.43. The maximum absolute atomic E-state index is 14.0. The van der Waals surface area contributed by atoms with E-state index in [0.29, 0.717) is 22.9 Å². The molecule has 4 heterocycles. The number of nitrogens with zero attached hydrogens (tertiary/aromatic N) is 4. The summed E-state index contributed by atoms with van der Waals surface area (Å²) >= 11 is 0. The van der Waals surface area contributed by atoms with Crippen LogP contribution in [0.5, 0.6) is 0 Å². The molecule has 2 aliphatic heterocycles. The molecular weight excluding hydrogens is 393 g/mol. The third-order valence-corrected chi connectivity index (χ3v) is 6.30. The molecule has 1 aliphatic carbocycles. The lowest BCUT2D eigenvalue weighted by Gasteiger charge is -2.50. The van der Waals surface area contributed by atoms with Gasteiger partial charge >= 0.3 is 0 Å². The van der Waals surface area contributed by atoms with Gasteiger partial charge in [0.25, 0.3) is 5.91 Å². The van der Waals surface area contributed by atoms with E-state index < -0.39 is 5.82 Å². The molecule has 0 spiro atoms. The Labute approximate surface area is 180 Å². The van der Waals surface area contributed by atoms with Crippen LogP contribution >= 0.6 is 0 Å². The lowest BCUT2D eigenvalue weighted by Crippen LogP contribution is -2.59. The van der Waals surface area contributed by atoms with Crippen molar-refractivity contribution in [3.8, 4) is 11.4 Å². The number of rotatable bonds is 4. The van der Waals surface area contributed by atoms with Gasteiger partial charge in [0.05, 0.1) is 11.6 Å². The van der Waals surface area contributed by atoms with E-state index in [2.05, 4.69) is 20.3 Å². The fraction of sp³-hybridized carbons (Fsp3) is 0.333. The molecule has 0 radical (unpaired) electrons. The Morgan fingerprint density at radius 2 is 1.97 bits per heavy atom. The molecule has 1 saturated carbocycles. The Balaban J connectivity index is 1.44. The van der Waals surface area contributed by atoms with Crippen molar-refractivity contribution in [2.24, 2.45) is 5.92 Å². The molecule has 158 valence electrons. The highest BCUT2D eigenvalue weighted by molar-refractivity contribution is 6.00. The van der Waals surface area contributed by atoms with Crippen LogP contribution in [0.25, 0.3) is 11.4 Å². The van der Waals surface area contributed by atoms with Crippen LogP contribution in [0.1, 0.15) is 35.2 Å². The first-order valence-electron chi connectivity index (χ1n) is 10.7. The molecule has 31 heavy (non-hydrogen) atoms. The smallest absolute Gasteiger partial charge is 0.254 e. The molecule has 3 atom stereocenters. The quantitative estimate of drug-likeness (QED) is 0.692. The monoisotopic (exact) mass is 417 g/mol. The number of hydrogen-bond donors (Lipinski definition) is 1. The van der Waals surface area contributed by atoms with Crippen molar-refractivity contribution in [1.82, 2.24) is 19.9 Å². The van der Waals surface area contributed by atoms with Crippen LogP contribution in [0.2, 0.25) is 0 Å². The first kappa shape index (κ1) is 19.6. The van der Waals surface area contributed by atoms with Crippen LogP contribution in [-0.2, 0) is 0 Å². The molecule has 1 amide bonds. The second-order valence-electron chi connectivity index (χ2n) is 8.44. The van der Waals surface area contributed by atoms with Crippen LogP contribution in [0.3, 0.4) is 0 Å². The number of pyridine rings is 1. The van der Waals surface area contributed by atoms with Crippen molar-refractivity contribution in [3.63, 3.8) is 0 Å². The molecule has 3 aromatic rings. The Morgan fingerprint density at radius 1 is 1.13 bits per heavy atom. The predicted octanol–water partition coefficient (Wildman–Crippen LogP) is 4.09. The van der Waals surface area contributed by atoms with E-state index in [1.165, 1.54) is 12.1 Å². The van der Waals surface area contributed by atoms with E-state index in [9.17, 15) is 9.18 Å². The van der Waals surface area contributed by atoms with E-state index in [1.54, 1.807) is 24.5 Å². The highest BCUT2D eigenvalue weighted by atomic mass is 19.1. The van der Waals surface area contributed by atoms with Crippen LogP contribution < -0.4 is 5.32 Å². The number of amides is 1. The van der Waals surface area contributed by atoms with E-state index in [-0.39, 0.29) is 18.0 Å². The number of anilines is 1. The Hall–Kier alpha value is -3.35. The van der Waals surface area contributed by atoms with Gasteiger partial charge in [0.2, 0.25) is 0 Å². The number of carbonyl (C=O) groups is 1. The van der Waals surface area contributed by atoms with Crippen molar-refractivity contribution >= 4 is 11.7 Å². The fourth-order valence-corrected chi connectivity index (χ4v) is 4.81. The Kier molecular flexibility index (Phi) is 5.10. The second kappa shape index (κ2) is 8.06. The van der Waals surface area contributed by atoms with Gasteiger partial charge in [0.1, 0.15) is 11.6 Å². The van der Waals surface area contributed by atoms with Crippen LogP contribution in [0, 0.1) is 18.7 Å². The molecule has 3 aliphatic rings. The largest absolute Gasteiger partial charge is 0.365 e. The molecule has 2 saturated heterocycles. The van der Waals surface area contributed by atoms with Gasteiger partial charge in [0.15, 0.2) is 5.82 Å². The average molecular weight is 417 g/mol. The standard InChI is InChI=1S/C24H24FN5O/c1-15-3-8-22(28-13-15)29-20-11-16-4-7-21(20)30(14-16)24(31)18-6-5-17(25)12-19(18)23-26-9-2-10-27-23/h2-3,5-6,8-10,12-13,16,20-21H,4,7,11,14H2,1H3,(H,28,29)/t16-,20+,21-/m0/s1.